The summed E-state index contributed by atoms with van der Waals surface area (Å²) < 4.78 is 11.1. The number of hydrogen-bond acceptors (Lipinski definition) is 3. The van der Waals surface area contributed by atoms with Gasteiger partial charge in [0.2, 0.25) is 0 Å². The molecule has 2 aromatic carbocycles. The summed E-state index contributed by atoms with van der Waals surface area (Å²) in [6, 6.07) is 15.7. The first-order chi connectivity index (χ1) is 12.1. The van der Waals surface area contributed by atoms with Gasteiger partial charge in [0, 0.05) is 6.42 Å². The molecule has 0 radical (unpaired) electrons. The first-order valence-corrected chi connectivity index (χ1v) is 9.16. The van der Waals surface area contributed by atoms with Crippen molar-refractivity contribution in [1.82, 2.24) is 0 Å². The van der Waals surface area contributed by atoms with E-state index < -0.39 is 0 Å². The number of benzene rings is 2. The van der Waals surface area contributed by atoms with Crippen LogP contribution >= 0.6 is 0 Å². The third kappa shape index (κ3) is 6.26. The van der Waals surface area contributed by atoms with Gasteiger partial charge in [-0.1, -0.05) is 57.9 Å². The van der Waals surface area contributed by atoms with E-state index in [1.54, 1.807) is 0 Å². The summed E-state index contributed by atoms with van der Waals surface area (Å²) in [5.41, 5.74) is 2.20. The van der Waals surface area contributed by atoms with Crippen molar-refractivity contribution in [3.05, 3.63) is 48.5 Å². The Kier molecular flexibility index (Phi) is 7.52. The second-order valence-corrected chi connectivity index (χ2v) is 6.45. The predicted molar refractivity (Wildman–Crippen MR) is 102 cm³/mol. The fourth-order valence-corrected chi connectivity index (χ4v) is 2.32. The van der Waals surface area contributed by atoms with E-state index >= 15 is 0 Å². The lowest BCUT2D eigenvalue weighted by Crippen LogP contribution is -2.07. The largest absolute Gasteiger partial charge is 0.493 e. The van der Waals surface area contributed by atoms with E-state index in [0.717, 1.165) is 42.7 Å². The van der Waals surface area contributed by atoms with Crippen molar-refractivity contribution < 1.29 is 14.3 Å². The second-order valence-electron chi connectivity index (χ2n) is 6.45. The molecular weight excluding hydrogens is 312 g/mol. The molecule has 0 bridgehead atoms. The Bertz CT molecular complexity index is 644. The van der Waals surface area contributed by atoms with E-state index in [0.29, 0.717) is 18.1 Å². The number of carbonyl (C=O) groups excluding carboxylic acids is 1. The molecule has 1 unspecified atom stereocenters. The summed E-state index contributed by atoms with van der Waals surface area (Å²) in [4.78, 5) is 11.7. The molecule has 0 saturated heterocycles. The molecule has 0 N–H and O–H groups in total. The van der Waals surface area contributed by atoms with Crippen LogP contribution < -0.4 is 9.47 Å². The fourth-order valence-electron chi connectivity index (χ4n) is 2.32. The topological polar surface area (TPSA) is 35.5 Å². The van der Waals surface area contributed by atoms with Crippen LogP contribution in [0.25, 0.3) is 11.1 Å². The van der Waals surface area contributed by atoms with E-state index in [2.05, 4.69) is 20.8 Å². The van der Waals surface area contributed by atoms with Crippen molar-refractivity contribution in [2.24, 2.45) is 5.92 Å². The van der Waals surface area contributed by atoms with Crippen molar-refractivity contribution in [3.63, 3.8) is 0 Å². The van der Waals surface area contributed by atoms with E-state index in [1.165, 1.54) is 0 Å². The number of rotatable bonds is 9. The van der Waals surface area contributed by atoms with Crippen molar-refractivity contribution in [2.75, 3.05) is 6.61 Å². The number of hydrogen-bond donors (Lipinski definition) is 0. The Morgan fingerprint density at radius 2 is 1.48 bits per heavy atom. The third-order valence-electron chi connectivity index (χ3n) is 4.24. The zero-order chi connectivity index (χ0) is 18.1. The molecule has 134 valence electrons. The molecule has 0 aromatic heterocycles. The molecule has 0 amide bonds. The van der Waals surface area contributed by atoms with E-state index in [4.69, 9.17) is 9.47 Å². The summed E-state index contributed by atoms with van der Waals surface area (Å²) in [6.07, 6.45) is 3.44. The van der Waals surface area contributed by atoms with Crippen molar-refractivity contribution in [1.29, 1.82) is 0 Å². The molecule has 0 heterocycles. The summed E-state index contributed by atoms with van der Waals surface area (Å²) in [7, 11) is 0. The lowest BCUT2D eigenvalue weighted by molar-refractivity contribution is -0.134. The van der Waals surface area contributed by atoms with E-state index in [-0.39, 0.29) is 5.97 Å². The smallest absolute Gasteiger partial charge is 0.311 e. The number of esters is 1. The van der Waals surface area contributed by atoms with Gasteiger partial charge in [0.05, 0.1) is 6.61 Å². The maximum Gasteiger partial charge on any atom is 0.311 e. The molecule has 25 heavy (non-hydrogen) atoms. The molecule has 2 rings (SSSR count). The van der Waals surface area contributed by atoms with Crippen LogP contribution in [0.4, 0.5) is 0 Å². The molecule has 2 aromatic rings. The van der Waals surface area contributed by atoms with Gasteiger partial charge >= 0.3 is 5.97 Å². The van der Waals surface area contributed by atoms with Crippen LogP contribution in [0.1, 0.15) is 46.5 Å². The molecule has 3 heteroatoms. The normalized spacial score (nSPS) is 11.8. The van der Waals surface area contributed by atoms with Gasteiger partial charge in [-0.15, -0.1) is 0 Å². The average molecular weight is 340 g/mol. The zero-order valence-electron chi connectivity index (χ0n) is 15.5. The highest BCUT2D eigenvalue weighted by atomic mass is 16.5. The number of ether oxygens (including phenoxy) is 2. The predicted octanol–water partition coefficient (Wildman–Crippen LogP) is 5.87. The maximum atomic E-state index is 11.7. The first kappa shape index (κ1) is 19.0. The first-order valence-electron chi connectivity index (χ1n) is 9.16. The molecule has 3 nitrogen and oxygen atoms in total. The molecule has 1 atom stereocenters. The summed E-state index contributed by atoms with van der Waals surface area (Å²) in [5, 5.41) is 0. The average Bonchev–Trinajstić information content (AvgIpc) is 2.65. The summed E-state index contributed by atoms with van der Waals surface area (Å²) in [5.74, 6) is 1.88. The highest BCUT2D eigenvalue weighted by Crippen LogP contribution is 2.25. The Balaban J connectivity index is 1.94. The van der Waals surface area contributed by atoms with Crippen molar-refractivity contribution in [2.45, 2.75) is 46.5 Å². The summed E-state index contributed by atoms with van der Waals surface area (Å²) >= 11 is 0. The number of unbranched alkanes of at least 4 members (excludes halogenated alkanes) is 1. The van der Waals surface area contributed by atoms with Gasteiger partial charge in [0.25, 0.3) is 0 Å². The van der Waals surface area contributed by atoms with Crippen LogP contribution in [-0.4, -0.2) is 12.6 Å². The molecule has 0 aliphatic rings. The zero-order valence-corrected chi connectivity index (χ0v) is 15.5. The Hall–Kier alpha value is -2.29. The van der Waals surface area contributed by atoms with Gasteiger partial charge in [0.1, 0.15) is 11.5 Å². The third-order valence-corrected chi connectivity index (χ3v) is 4.24. The highest BCUT2D eigenvalue weighted by Gasteiger charge is 2.05. The molecule has 0 fully saturated rings. The lowest BCUT2D eigenvalue weighted by atomic mass is 10.1. The van der Waals surface area contributed by atoms with Crippen molar-refractivity contribution >= 4 is 5.97 Å². The number of carbonyl (C=O) groups is 1. The van der Waals surface area contributed by atoms with Gasteiger partial charge in [-0.25, -0.2) is 0 Å². The van der Waals surface area contributed by atoms with Gasteiger partial charge in [-0.05, 0) is 47.7 Å². The molecule has 0 aliphatic carbocycles. The van der Waals surface area contributed by atoms with Crippen molar-refractivity contribution in [3.8, 4) is 22.6 Å². The van der Waals surface area contributed by atoms with E-state index in [1.807, 2.05) is 48.5 Å². The van der Waals surface area contributed by atoms with Crippen LogP contribution in [0.5, 0.6) is 11.5 Å². The molecule has 0 spiro atoms. The SMILES string of the molecule is CCCCC(=O)Oc1ccc(-c2ccc(OCC(C)CC)cc2)cc1. The Morgan fingerprint density at radius 3 is 2.00 bits per heavy atom. The quantitative estimate of drug-likeness (QED) is 0.423. The minimum absolute atomic E-state index is 0.169. The monoisotopic (exact) mass is 340 g/mol. The highest BCUT2D eigenvalue weighted by molar-refractivity contribution is 5.73. The van der Waals surface area contributed by atoms with Gasteiger partial charge in [-0.2, -0.15) is 0 Å². The van der Waals surface area contributed by atoms with Crippen LogP contribution in [0.2, 0.25) is 0 Å². The molecule has 0 aliphatic heterocycles. The molecular formula is C22H28O3. The van der Waals surface area contributed by atoms with Gasteiger partial charge in [-0.3, -0.25) is 4.79 Å². The van der Waals surface area contributed by atoms with Gasteiger partial charge < -0.3 is 9.47 Å². The fraction of sp³-hybridized carbons (Fsp3) is 0.409. The summed E-state index contributed by atoms with van der Waals surface area (Å²) in [6.45, 7) is 7.16. The Morgan fingerprint density at radius 1 is 0.920 bits per heavy atom. The van der Waals surface area contributed by atoms with Crippen LogP contribution in [0.15, 0.2) is 48.5 Å². The maximum absolute atomic E-state index is 11.7. The van der Waals surface area contributed by atoms with E-state index in [9.17, 15) is 4.79 Å². The standard InChI is InChI=1S/C22H28O3/c1-4-6-7-22(23)25-21-14-10-19(11-15-21)18-8-12-20(13-9-18)24-16-17(3)5-2/h8-15,17H,4-7,16H2,1-3H3. The van der Waals surface area contributed by atoms with Crippen LogP contribution in [0, 0.1) is 5.92 Å². The molecule has 0 saturated carbocycles. The van der Waals surface area contributed by atoms with Crippen LogP contribution in [0.3, 0.4) is 0 Å². The minimum atomic E-state index is -0.169. The Labute approximate surface area is 151 Å². The second kappa shape index (κ2) is 9.87. The van der Waals surface area contributed by atoms with Crippen LogP contribution in [-0.2, 0) is 4.79 Å². The minimum Gasteiger partial charge on any atom is -0.493 e. The lowest BCUT2D eigenvalue weighted by Gasteiger charge is -2.11. The van der Waals surface area contributed by atoms with Gasteiger partial charge in [0.15, 0.2) is 0 Å².